The van der Waals surface area contributed by atoms with Gasteiger partial charge in [0.15, 0.2) is 0 Å². The highest BCUT2D eigenvalue weighted by Gasteiger charge is 2.39. The molecule has 1 amide bonds. The van der Waals surface area contributed by atoms with Crippen LogP contribution < -0.4 is 0 Å². The predicted octanol–water partition coefficient (Wildman–Crippen LogP) is 3.20. The van der Waals surface area contributed by atoms with Crippen LogP contribution >= 0.6 is 11.8 Å². The average molecular weight is 253 g/mol. The van der Waals surface area contributed by atoms with E-state index in [0.29, 0.717) is 0 Å². The van der Waals surface area contributed by atoms with Crippen molar-refractivity contribution in [2.75, 3.05) is 0 Å². The number of hydrogen-bond acceptors (Lipinski definition) is 2. The molecule has 2 unspecified atom stereocenters. The summed E-state index contributed by atoms with van der Waals surface area (Å²) in [6, 6.07) is 6.64. The van der Waals surface area contributed by atoms with Gasteiger partial charge in [0.05, 0.1) is 5.25 Å². The van der Waals surface area contributed by atoms with E-state index < -0.39 is 0 Å². The molecule has 1 aliphatic rings. The molecule has 0 spiro atoms. The third-order valence-electron chi connectivity index (χ3n) is 2.88. The Labute approximate surface area is 105 Å². The third kappa shape index (κ3) is 2.32. The first-order valence-corrected chi connectivity index (χ1v) is 6.68. The zero-order valence-electron chi connectivity index (χ0n) is 10.2. The highest BCUT2D eigenvalue weighted by molar-refractivity contribution is 8.01. The zero-order valence-corrected chi connectivity index (χ0v) is 11.0. The van der Waals surface area contributed by atoms with Crippen molar-refractivity contribution in [3.8, 4) is 0 Å². The van der Waals surface area contributed by atoms with Crippen LogP contribution in [0.3, 0.4) is 0 Å². The monoisotopic (exact) mass is 253 g/mol. The molecule has 1 aliphatic heterocycles. The number of nitrogens with zero attached hydrogens (tertiary/aromatic N) is 1. The Balaban J connectivity index is 2.34. The van der Waals surface area contributed by atoms with E-state index in [-0.39, 0.29) is 28.4 Å². The summed E-state index contributed by atoms with van der Waals surface area (Å²) in [5, 5.41) is -0.112. The average Bonchev–Trinajstić information content (AvgIpc) is 2.55. The van der Waals surface area contributed by atoms with Gasteiger partial charge in [-0.05, 0) is 38.5 Å². The van der Waals surface area contributed by atoms with Crippen LogP contribution in [0, 0.1) is 5.82 Å². The van der Waals surface area contributed by atoms with Gasteiger partial charge in [0.1, 0.15) is 11.2 Å². The Morgan fingerprint density at radius 1 is 1.41 bits per heavy atom. The van der Waals surface area contributed by atoms with Gasteiger partial charge in [0, 0.05) is 6.04 Å². The van der Waals surface area contributed by atoms with Gasteiger partial charge in [-0.15, -0.1) is 11.8 Å². The molecule has 1 aromatic carbocycles. The Kier molecular flexibility index (Phi) is 3.43. The smallest absolute Gasteiger partial charge is 0.236 e. The van der Waals surface area contributed by atoms with Crippen molar-refractivity contribution in [2.24, 2.45) is 0 Å². The van der Waals surface area contributed by atoms with Gasteiger partial charge in [-0.25, -0.2) is 4.39 Å². The lowest BCUT2D eigenvalue weighted by Crippen LogP contribution is -2.36. The maximum atomic E-state index is 13.2. The van der Waals surface area contributed by atoms with Crippen LogP contribution in [-0.2, 0) is 4.79 Å². The molecule has 1 fully saturated rings. The minimum Gasteiger partial charge on any atom is -0.323 e. The van der Waals surface area contributed by atoms with Gasteiger partial charge in [-0.2, -0.15) is 0 Å². The molecule has 1 saturated heterocycles. The van der Waals surface area contributed by atoms with E-state index in [1.165, 1.54) is 12.1 Å². The first-order valence-electron chi connectivity index (χ1n) is 5.74. The Morgan fingerprint density at radius 3 is 2.71 bits per heavy atom. The Morgan fingerprint density at radius 2 is 2.12 bits per heavy atom. The topological polar surface area (TPSA) is 20.3 Å². The van der Waals surface area contributed by atoms with Crippen LogP contribution in [0.5, 0.6) is 0 Å². The maximum absolute atomic E-state index is 13.2. The molecule has 2 nitrogen and oxygen atoms in total. The number of thioether (sulfide) groups is 1. The molecular weight excluding hydrogens is 237 g/mol. The van der Waals surface area contributed by atoms with Gasteiger partial charge in [-0.3, -0.25) is 4.79 Å². The normalized spacial score (nSPS) is 24.8. The second-order valence-corrected chi connectivity index (χ2v) is 5.95. The largest absolute Gasteiger partial charge is 0.323 e. The molecule has 0 bridgehead atoms. The molecule has 0 N–H and O–H groups in total. The first-order chi connectivity index (χ1) is 8.00. The molecule has 0 aromatic heterocycles. The summed E-state index contributed by atoms with van der Waals surface area (Å²) in [6.45, 7) is 5.88. The SMILES string of the molecule is CC1SC(c2cccc(F)c2)N(C(C)C)C1=O. The van der Waals surface area contributed by atoms with Crippen molar-refractivity contribution in [3.05, 3.63) is 35.6 Å². The minimum atomic E-state index is -0.251. The molecule has 0 radical (unpaired) electrons. The van der Waals surface area contributed by atoms with E-state index in [1.807, 2.05) is 31.7 Å². The Bertz CT molecular complexity index is 435. The van der Waals surface area contributed by atoms with Crippen molar-refractivity contribution in [1.82, 2.24) is 4.90 Å². The number of benzene rings is 1. The summed E-state index contributed by atoms with van der Waals surface area (Å²) >= 11 is 1.58. The predicted molar refractivity (Wildman–Crippen MR) is 68.2 cm³/mol. The standard InChI is InChI=1S/C13H16FNOS/c1-8(2)15-12(16)9(3)17-13(15)10-5-4-6-11(14)7-10/h4-9,13H,1-3H3. The lowest BCUT2D eigenvalue weighted by atomic mass is 10.1. The summed E-state index contributed by atoms with van der Waals surface area (Å²) in [6.07, 6.45) is 0. The van der Waals surface area contributed by atoms with Crippen molar-refractivity contribution < 1.29 is 9.18 Å². The van der Waals surface area contributed by atoms with Crippen molar-refractivity contribution in [2.45, 2.75) is 37.4 Å². The van der Waals surface area contributed by atoms with Crippen LogP contribution in [0.1, 0.15) is 31.7 Å². The third-order valence-corrected chi connectivity index (χ3v) is 4.25. The van der Waals surface area contributed by atoms with Gasteiger partial charge >= 0.3 is 0 Å². The number of amides is 1. The molecule has 92 valence electrons. The first kappa shape index (κ1) is 12.4. The minimum absolute atomic E-state index is 0.0503. The molecule has 1 heterocycles. The van der Waals surface area contributed by atoms with Crippen LogP contribution in [0.15, 0.2) is 24.3 Å². The Hall–Kier alpha value is -1.03. The molecule has 2 atom stereocenters. The number of rotatable bonds is 2. The number of halogens is 1. The molecule has 0 saturated carbocycles. The molecule has 17 heavy (non-hydrogen) atoms. The summed E-state index contributed by atoms with van der Waals surface area (Å²) < 4.78 is 13.2. The lowest BCUT2D eigenvalue weighted by Gasteiger charge is -2.28. The van der Waals surface area contributed by atoms with E-state index in [9.17, 15) is 9.18 Å². The van der Waals surface area contributed by atoms with Gasteiger partial charge in [0.2, 0.25) is 5.91 Å². The second-order valence-electron chi connectivity index (χ2n) is 4.52. The number of carbonyl (C=O) groups is 1. The fourth-order valence-electron chi connectivity index (χ4n) is 2.07. The molecule has 1 aromatic rings. The number of carbonyl (C=O) groups excluding carboxylic acids is 1. The van der Waals surface area contributed by atoms with Crippen LogP contribution in [0.2, 0.25) is 0 Å². The van der Waals surface area contributed by atoms with Crippen molar-refractivity contribution >= 4 is 17.7 Å². The van der Waals surface area contributed by atoms with Gasteiger partial charge < -0.3 is 4.90 Å². The quantitative estimate of drug-likeness (QED) is 0.806. The zero-order chi connectivity index (χ0) is 12.6. The second kappa shape index (κ2) is 4.69. The summed E-state index contributed by atoms with van der Waals surface area (Å²) in [7, 11) is 0. The summed E-state index contributed by atoms with van der Waals surface area (Å²) in [5.41, 5.74) is 0.862. The maximum Gasteiger partial charge on any atom is 0.236 e. The van der Waals surface area contributed by atoms with E-state index in [4.69, 9.17) is 0 Å². The van der Waals surface area contributed by atoms with Crippen LogP contribution in [-0.4, -0.2) is 22.1 Å². The van der Waals surface area contributed by atoms with Gasteiger partial charge in [0.25, 0.3) is 0 Å². The van der Waals surface area contributed by atoms with Crippen LogP contribution in [0.25, 0.3) is 0 Å². The fraction of sp³-hybridized carbons (Fsp3) is 0.462. The van der Waals surface area contributed by atoms with Crippen molar-refractivity contribution in [1.29, 1.82) is 0 Å². The van der Waals surface area contributed by atoms with Gasteiger partial charge in [-0.1, -0.05) is 12.1 Å². The van der Waals surface area contributed by atoms with E-state index >= 15 is 0 Å². The van der Waals surface area contributed by atoms with Crippen molar-refractivity contribution in [3.63, 3.8) is 0 Å². The van der Waals surface area contributed by atoms with E-state index in [0.717, 1.165) is 5.56 Å². The molecule has 4 heteroatoms. The number of hydrogen-bond donors (Lipinski definition) is 0. The lowest BCUT2D eigenvalue weighted by molar-refractivity contribution is -0.131. The highest BCUT2D eigenvalue weighted by Crippen LogP contribution is 2.43. The summed E-state index contributed by atoms with van der Waals surface area (Å²) in [4.78, 5) is 13.9. The molecular formula is C13H16FNOS. The fourth-order valence-corrected chi connectivity index (χ4v) is 3.47. The van der Waals surface area contributed by atoms with E-state index in [1.54, 1.807) is 17.8 Å². The summed E-state index contributed by atoms with van der Waals surface area (Å²) in [5.74, 6) is -0.113. The highest BCUT2D eigenvalue weighted by atomic mass is 32.2. The molecule has 0 aliphatic carbocycles. The van der Waals surface area contributed by atoms with Crippen LogP contribution in [0.4, 0.5) is 4.39 Å². The van der Waals surface area contributed by atoms with E-state index in [2.05, 4.69) is 0 Å². The molecule has 2 rings (SSSR count).